The number of carbonyl (C=O) groups is 1. The maximum Gasteiger partial charge on any atom is 0.222 e. The summed E-state index contributed by atoms with van der Waals surface area (Å²) in [5.74, 6) is -0.606. The lowest BCUT2D eigenvalue weighted by Crippen LogP contribution is -2.46. The van der Waals surface area contributed by atoms with E-state index in [1.165, 1.54) is 6.07 Å². The van der Waals surface area contributed by atoms with Crippen molar-refractivity contribution in [2.45, 2.75) is 25.8 Å². The average molecular weight is 482 g/mol. The Kier molecular flexibility index (Phi) is 9.60. The molecule has 1 aliphatic heterocycles. The lowest BCUT2D eigenvalue weighted by atomic mass is 10.3. The lowest BCUT2D eigenvalue weighted by molar-refractivity contribution is -0.129. The highest BCUT2D eigenvalue weighted by atomic mass is 127. The molecule has 1 atom stereocenters. The number of aliphatic imine (C=N–C) groups is 1. The number of ether oxygens (including phenoxy) is 1. The predicted octanol–water partition coefficient (Wildman–Crippen LogP) is 2.14. The first-order valence-corrected chi connectivity index (χ1v) is 8.36. The number of rotatable bonds is 6. The zero-order valence-electron chi connectivity index (χ0n) is 14.9. The fraction of sp³-hybridized carbons (Fsp3) is 0.529. The molecule has 0 radical (unpaired) electrons. The Morgan fingerprint density at radius 3 is 2.85 bits per heavy atom. The van der Waals surface area contributed by atoms with Crippen molar-refractivity contribution in [2.75, 3.05) is 33.3 Å². The van der Waals surface area contributed by atoms with E-state index >= 15 is 0 Å². The predicted molar refractivity (Wildman–Crippen MR) is 107 cm³/mol. The Hall–Kier alpha value is -1.65. The first-order chi connectivity index (χ1) is 12.0. The van der Waals surface area contributed by atoms with Crippen LogP contribution in [0.1, 0.15) is 19.8 Å². The normalized spacial score (nSPS) is 16.8. The quantitative estimate of drug-likeness (QED) is 0.282. The van der Waals surface area contributed by atoms with Crippen LogP contribution in [0.2, 0.25) is 0 Å². The summed E-state index contributed by atoms with van der Waals surface area (Å²) < 4.78 is 31.6. The van der Waals surface area contributed by atoms with E-state index in [1.54, 1.807) is 7.05 Å². The molecular formula is C17H25F2IN4O2. The molecule has 1 heterocycles. The topological polar surface area (TPSA) is 66.0 Å². The summed E-state index contributed by atoms with van der Waals surface area (Å²) in [4.78, 5) is 17.7. The van der Waals surface area contributed by atoms with Gasteiger partial charge in [-0.25, -0.2) is 8.78 Å². The Labute approximate surface area is 169 Å². The van der Waals surface area contributed by atoms with E-state index < -0.39 is 11.6 Å². The SMILES string of the molecule is CCC(=O)N1CCC(NC(=NC)NCCOc2ccc(F)cc2F)C1.I. The number of carbonyl (C=O) groups excluding carboxylic acids is 1. The number of nitrogens with one attached hydrogen (secondary N) is 2. The Morgan fingerprint density at radius 2 is 2.19 bits per heavy atom. The standard InChI is InChI=1S/C17H24F2N4O2.HI/c1-3-16(24)23-8-6-13(11-23)22-17(20-2)21-7-9-25-15-5-4-12(18)10-14(15)19;/h4-5,10,13H,3,6-9,11H2,1-2H3,(H2,20,21,22);1H. The minimum Gasteiger partial charge on any atom is -0.489 e. The van der Waals surface area contributed by atoms with Crippen LogP contribution >= 0.6 is 24.0 Å². The van der Waals surface area contributed by atoms with Crippen molar-refractivity contribution in [3.63, 3.8) is 0 Å². The van der Waals surface area contributed by atoms with E-state index in [2.05, 4.69) is 15.6 Å². The van der Waals surface area contributed by atoms with Crippen LogP contribution in [0.3, 0.4) is 0 Å². The molecule has 0 aromatic heterocycles. The number of hydrogen-bond acceptors (Lipinski definition) is 3. The van der Waals surface area contributed by atoms with Crippen LogP contribution in [0.15, 0.2) is 23.2 Å². The van der Waals surface area contributed by atoms with E-state index in [-0.39, 0.29) is 48.3 Å². The maximum atomic E-state index is 13.5. The summed E-state index contributed by atoms with van der Waals surface area (Å²) >= 11 is 0. The molecule has 1 aromatic rings. The maximum absolute atomic E-state index is 13.5. The molecule has 1 aromatic carbocycles. The second-order valence-corrected chi connectivity index (χ2v) is 5.75. The molecule has 146 valence electrons. The molecule has 1 amide bonds. The molecule has 0 bridgehead atoms. The minimum absolute atomic E-state index is 0. The molecule has 6 nitrogen and oxygen atoms in total. The van der Waals surface area contributed by atoms with Gasteiger partial charge in [0.15, 0.2) is 17.5 Å². The molecular weight excluding hydrogens is 457 g/mol. The van der Waals surface area contributed by atoms with Crippen molar-refractivity contribution in [2.24, 2.45) is 4.99 Å². The second-order valence-electron chi connectivity index (χ2n) is 5.75. The van der Waals surface area contributed by atoms with E-state index in [0.29, 0.717) is 25.5 Å². The minimum atomic E-state index is -0.728. The third kappa shape index (κ3) is 6.58. The summed E-state index contributed by atoms with van der Waals surface area (Å²) in [5.41, 5.74) is 0. The Morgan fingerprint density at radius 1 is 1.42 bits per heavy atom. The van der Waals surface area contributed by atoms with Crippen LogP contribution in [0, 0.1) is 11.6 Å². The molecule has 2 N–H and O–H groups in total. The van der Waals surface area contributed by atoms with Gasteiger partial charge in [-0.2, -0.15) is 0 Å². The lowest BCUT2D eigenvalue weighted by Gasteiger charge is -2.18. The summed E-state index contributed by atoms with van der Waals surface area (Å²) in [6.07, 6.45) is 1.38. The van der Waals surface area contributed by atoms with Crippen LogP contribution in [0.4, 0.5) is 8.78 Å². The zero-order valence-corrected chi connectivity index (χ0v) is 17.3. The smallest absolute Gasteiger partial charge is 0.222 e. The van der Waals surface area contributed by atoms with Gasteiger partial charge in [-0.3, -0.25) is 9.79 Å². The summed E-state index contributed by atoms with van der Waals surface area (Å²) in [6.45, 7) is 3.86. The van der Waals surface area contributed by atoms with Gasteiger partial charge in [0.25, 0.3) is 0 Å². The van der Waals surface area contributed by atoms with Crippen molar-refractivity contribution in [3.05, 3.63) is 29.8 Å². The van der Waals surface area contributed by atoms with Crippen LogP contribution < -0.4 is 15.4 Å². The third-order valence-corrected chi connectivity index (χ3v) is 3.95. The van der Waals surface area contributed by atoms with E-state index in [1.807, 2.05) is 11.8 Å². The van der Waals surface area contributed by atoms with Crippen LogP contribution in [0.25, 0.3) is 0 Å². The van der Waals surface area contributed by atoms with Gasteiger partial charge in [0.2, 0.25) is 5.91 Å². The van der Waals surface area contributed by atoms with Gasteiger partial charge in [0.1, 0.15) is 12.4 Å². The van der Waals surface area contributed by atoms with Gasteiger partial charge in [0, 0.05) is 38.7 Å². The summed E-state index contributed by atoms with van der Waals surface area (Å²) in [7, 11) is 1.65. The van der Waals surface area contributed by atoms with Crippen molar-refractivity contribution in [1.29, 1.82) is 0 Å². The molecule has 0 saturated carbocycles. The van der Waals surface area contributed by atoms with Crippen molar-refractivity contribution >= 4 is 35.8 Å². The second kappa shape index (κ2) is 11.1. The molecule has 0 aliphatic carbocycles. The van der Waals surface area contributed by atoms with Crippen molar-refractivity contribution in [1.82, 2.24) is 15.5 Å². The van der Waals surface area contributed by atoms with Crippen LogP contribution in [-0.2, 0) is 4.79 Å². The first-order valence-electron chi connectivity index (χ1n) is 8.36. The van der Waals surface area contributed by atoms with Gasteiger partial charge < -0.3 is 20.3 Å². The third-order valence-electron chi connectivity index (χ3n) is 3.95. The number of likely N-dealkylation sites (tertiary alicyclic amines) is 1. The van der Waals surface area contributed by atoms with Gasteiger partial charge in [0.05, 0.1) is 6.54 Å². The van der Waals surface area contributed by atoms with Crippen LogP contribution in [0.5, 0.6) is 5.75 Å². The number of nitrogens with zero attached hydrogens (tertiary/aromatic N) is 2. The fourth-order valence-corrected chi connectivity index (χ4v) is 2.64. The molecule has 26 heavy (non-hydrogen) atoms. The number of amides is 1. The molecule has 0 spiro atoms. The molecule has 9 heteroatoms. The fourth-order valence-electron chi connectivity index (χ4n) is 2.64. The highest BCUT2D eigenvalue weighted by Crippen LogP contribution is 2.17. The number of benzene rings is 1. The number of halogens is 3. The first kappa shape index (κ1) is 22.4. The van der Waals surface area contributed by atoms with E-state index in [9.17, 15) is 13.6 Å². The highest BCUT2D eigenvalue weighted by Gasteiger charge is 2.25. The molecule has 2 rings (SSSR count). The van der Waals surface area contributed by atoms with Crippen molar-refractivity contribution in [3.8, 4) is 5.75 Å². The van der Waals surface area contributed by atoms with E-state index in [0.717, 1.165) is 25.1 Å². The zero-order chi connectivity index (χ0) is 18.2. The van der Waals surface area contributed by atoms with E-state index in [4.69, 9.17) is 4.74 Å². The van der Waals surface area contributed by atoms with Crippen molar-refractivity contribution < 1.29 is 18.3 Å². The summed E-state index contributed by atoms with van der Waals surface area (Å²) in [6, 6.07) is 3.34. The van der Waals surface area contributed by atoms with Crippen LogP contribution in [-0.4, -0.2) is 56.1 Å². The number of guanidine groups is 1. The largest absolute Gasteiger partial charge is 0.489 e. The highest BCUT2D eigenvalue weighted by molar-refractivity contribution is 14.0. The van der Waals surface area contributed by atoms with Gasteiger partial charge in [-0.1, -0.05) is 6.92 Å². The molecule has 1 saturated heterocycles. The average Bonchev–Trinajstić information content (AvgIpc) is 3.07. The molecule has 1 aliphatic rings. The van der Waals surface area contributed by atoms with Gasteiger partial charge >= 0.3 is 0 Å². The van der Waals surface area contributed by atoms with Gasteiger partial charge in [-0.05, 0) is 18.6 Å². The molecule has 1 unspecified atom stereocenters. The Balaban J connectivity index is 0.00000338. The number of hydrogen-bond donors (Lipinski definition) is 2. The molecule has 1 fully saturated rings. The van der Waals surface area contributed by atoms with Gasteiger partial charge in [-0.15, -0.1) is 24.0 Å². The monoisotopic (exact) mass is 482 g/mol. The Bertz CT molecular complexity index is 631. The summed E-state index contributed by atoms with van der Waals surface area (Å²) in [5, 5.41) is 6.33.